The molecule has 84 valence electrons. The third kappa shape index (κ3) is 3.02. The monoisotopic (exact) mass is 208 g/mol. The molecule has 1 N–H and O–H groups in total. The van der Waals surface area contributed by atoms with E-state index >= 15 is 0 Å². The minimum absolute atomic E-state index is 0.785. The van der Waals surface area contributed by atoms with Gasteiger partial charge in [-0.15, -0.1) is 0 Å². The Hall–Kier alpha value is -0.900. The first-order valence-electron chi connectivity index (χ1n) is 5.91. The smallest absolute Gasteiger partial charge is 0.150 e. The Labute approximate surface area is 91.1 Å². The fourth-order valence-electron chi connectivity index (χ4n) is 1.70. The molecule has 1 aromatic rings. The van der Waals surface area contributed by atoms with Gasteiger partial charge in [-0.25, -0.2) is 4.98 Å². The molecule has 0 unspecified atom stereocenters. The highest BCUT2D eigenvalue weighted by Crippen LogP contribution is 2.18. The van der Waals surface area contributed by atoms with Crippen LogP contribution in [0.2, 0.25) is 0 Å². The van der Waals surface area contributed by atoms with Gasteiger partial charge in [0.1, 0.15) is 5.82 Å². The van der Waals surface area contributed by atoms with Crippen molar-refractivity contribution in [1.82, 2.24) is 20.1 Å². The van der Waals surface area contributed by atoms with Gasteiger partial charge in [0.2, 0.25) is 0 Å². The summed E-state index contributed by atoms with van der Waals surface area (Å²) >= 11 is 0. The van der Waals surface area contributed by atoms with E-state index in [2.05, 4.69) is 22.3 Å². The van der Waals surface area contributed by atoms with Crippen LogP contribution in [0.5, 0.6) is 0 Å². The van der Waals surface area contributed by atoms with E-state index < -0.39 is 0 Å². The molecule has 0 spiro atoms. The highest BCUT2D eigenvalue weighted by molar-refractivity contribution is 4.94. The van der Waals surface area contributed by atoms with Crippen LogP contribution in [-0.2, 0) is 19.9 Å². The second kappa shape index (κ2) is 4.75. The molecule has 0 amide bonds. The lowest BCUT2D eigenvalue weighted by molar-refractivity contribution is 0.630. The second-order valence-corrected chi connectivity index (χ2v) is 4.30. The molecule has 0 bridgehead atoms. The van der Waals surface area contributed by atoms with Crippen LogP contribution in [-0.4, -0.2) is 27.4 Å². The largest absolute Gasteiger partial charge is 0.314 e. The van der Waals surface area contributed by atoms with Gasteiger partial charge in [0.05, 0.1) is 0 Å². The zero-order chi connectivity index (χ0) is 10.7. The van der Waals surface area contributed by atoms with Gasteiger partial charge < -0.3 is 5.32 Å². The molecule has 0 aromatic carbocycles. The second-order valence-electron chi connectivity index (χ2n) is 4.30. The number of hydrogen-bond acceptors (Lipinski definition) is 3. The molecule has 0 radical (unpaired) electrons. The Kier molecular flexibility index (Phi) is 3.36. The van der Waals surface area contributed by atoms with Crippen molar-refractivity contribution in [3.05, 3.63) is 11.6 Å². The number of aryl methyl sites for hydroxylation is 2. The zero-order valence-electron chi connectivity index (χ0n) is 9.66. The predicted molar refractivity (Wildman–Crippen MR) is 59.7 cm³/mol. The fraction of sp³-hybridized carbons (Fsp3) is 0.818. The predicted octanol–water partition coefficient (Wildman–Crippen LogP) is 1.06. The third-order valence-corrected chi connectivity index (χ3v) is 2.73. The van der Waals surface area contributed by atoms with Gasteiger partial charge in [0.25, 0.3) is 0 Å². The number of nitrogens with one attached hydrogen (secondary N) is 1. The van der Waals surface area contributed by atoms with Gasteiger partial charge in [-0.2, -0.15) is 5.10 Å². The van der Waals surface area contributed by atoms with Gasteiger partial charge in [0.15, 0.2) is 5.82 Å². The van der Waals surface area contributed by atoms with E-state index in [9.17, 15) is 0 Å². The van der Waals surface area contributed by atoms with E-state index in [1.165, 1.54) is 12.8 Å². The molecular weight excluding hydrogens is 188 g/mol. The van der Waals surface area contributed by atoms with Crippen LogP contribution in [0.1, 0.15) is 37.8 Å². The molecule has 0 saturated heterocycles. The molecule has 0 aliphatic heterocycles. The molecular formula is C11H20N4. The van der Waals surface area contributed by atoms with E-state index in [-0.39, 0.29) is 0 Å². The first-order chi connectivity index (χ1) is 7.29. The van der Waals surface area contributed by atoms with Crippen LogP contribution >= 0.6 is 0 Å². The van der Waals surface area contributed by atoms with E-state index in [0.717, 1.165) is 43.5 Å². The Morgan fingerprint density at radius 2 is 2.20 bits per heavy atom. The van der Waals surface area contributed by atoms with Gasteiger partial charge in [-0.1, -0.05) is 6.92 Å². The summed E-state index contributed by atoms with van der Waals surface area (Å²) in [4.78, 5) is 4.53. The number of rotatable bonds is 6. The molecule has 4 heteroatoms. The Morgan fingerprint density at radius 3 is 2.87 bits per heavy atom. The van der Waals surface area contributed by atoms with Gasteiger partial charge >= 0.3 is 0 Å². The summed E-state index contributed by atoms with van der Waals surface area (Å²) in [6, 6.07) is 0.785. The molecule has 1 saturated carbocycles. The summed E-state index contributed by atoms with van der Waals surface area (Å²) in [5.41, 5.74) is 0. The number of nitrogens with zero attached hydrogens (tertiary/aromatic N) is 3. The van der Waals surface area contributed by atoms with Crippen LogP contribution in [0.3, 0.4) is 0 Å². The first kappa shape index (κ1) is 10.6. The SMILES string of the molecule is CCCc1nc(CCNC2CC2)n(C)n1. The van der Waals surface area contributed by atoms with Crippen LogP contribution in [0.15, 0.2) is 0 Å². The van der Waals surface area contributed by atoms with Crippen molar-refractivity contribution in [2.45, 2.75) is 45.1 Å². The van der Waals surface area contributed by atoms with Crippen molar-refractivity contribution in [2.24, 2.45) is 7.05 Å². The van der Waals surface area contributed by atoms with Crippen LogP contribution in [0, 0.1) is 0 Å². The maximum atomic E-state index is 4.53. The average molecular weight is 208 g/mol. The van der Waals surface area contributed by atoms with Crippen molar-refractivity contribution >= 4 is 0 Å². The van der Waals surface area contributed by atoms with Gasteiger partial charge in [0, 0.05) is 32.5 Å². The lowest BCUT2D eigenvalue weighted by atomic mass is 10.3. The number of aromatic nitrogens is 3. The summed E-state index contributed by atoms with van der Waals surface area (Å²) in [5, 5.41) is 7.88. The minimum Gasteiger partial charge on any atom is -0.314 e. The molecule has 1 aliphatic rings. The lowest BCUT2D eigenvalue weighted by Gasteiger charge is -2.01. The Bertz CT molecular complexity index is 314. The third-order valence-electron chi connectivity index (χ3n) is 2.73. The highest BCUT2D eigenvalue weighted by atomic mass is 15.3. The summed E-state index contributed by atoms with van der Waals surface area (Å²) in [7, 11) is 1.98. The van der Waals surface area contributed by atoms with E-state index in [4.69, 9.17) is 0 Å². The minimum atomic E-state index is 0.785. The highest BCUT2D eigenvalue weighted by Gasteiger charge is 2.20. The topological polar surface area (TPSA) is 42.7 Å². The molecule has 15 heavy (non-hydrogen) atoms. The van der Waals surface area contributed by atoms with Crippen LogP contribution in [0.25, 0.3) is 0 Å². The summed E-state index contributed by atoms with van der Waals surface area (Å²) in [6.07, 6.45) is 5.79. The summed E-state index contributed by atoms with van der Waals surface area (Å²) < 4.78 is 1.92. The average Bonchev–Trinajstić information content (AvgIpc) is 2.94. The maximum Gasteiger partial charge on any atom is 0.150 e. The Balaban J connectivity index is 1.82. The molecule has 1 aliphatic carbocycles. The van der Waals surface area contributed by atoms with Crippen LogP contribution < -0.4 is 5.32 Å². The molecule has 1 heterocycles. The van der Waals surface area contributed by atoms with E-state index in [1.54, 1.807) is 0 Å². The molecule has 0 atom stereocenters. The van der Waals surface area contributed by atoms with Crippen molar-refractivity contribution < 1.29 is 0 Å². The van der Waals surface area contributed by atoms with Crippen molar-refractivity contribution in [1.29, 1.82) is 0 Å². The zero-order valence-corrected chi connectivity index (χ0v) is 9.66. The van der Waals surface area contributed by atoms with E-state index in [1.807, 2.05) is 11.7 Å². The summed E-state index contributed by atoms with van der Waals surface area (Å²) in [6.45, 7) is 3.19. The standard InChI is InChI=1S/C11H20N4/c1-3-4-10-13-11(15(2)14-10)7-8-12-9-5-6-9/h9,12H,3-8H2,1-2H3. The number of hydrogen-bond donors (Lipinski definition) is 1. The maximum absolute atomic E-state index is 4.53. The normalized spacial score (nSPS) is 15.9. The summed E-state index contributed by atoms with van der Waals surface area (Å²) in [5.74, 6) is 2.09. The van der Waals surface area contributed by atoms with Crippen molar-refractivity contribution in [2.75, 3.05) is 6.54 Å². The Morgan fingerprint density at radius 1 is 1.40 bits per heavy atom. The molecule has 2 rings (SSSR count). The van der Waals surface area contributed by atoms with Gasteiger partial charge in [-0.3, -0.25) is 4.68 Å². The lowest BCUT2D eigenvalue weighted by Crippen LogP contribution is -2.20. The van der Waals surface area contributed by atoms with Gasteiger partial charge in [-0.05, 0) is 19.3 Å². The molecule has 1 aromatic heterocycles. The quantitative estimate of drug-likeness (QED) is 0.760. The van der Waals surface area contributed by atoms with Crippen molar-refractivity contribution in [3.8, 4) is 0 Å². The molecule has 1 fully saturated rings. The first-order valence-corrected chi connectivity index (χ1v) is 5.91. The van der Waals surface area contributed by atoms with E-state index in [0.29, 0.717) is 0 Å². The fourth-order valence-corrected chi connectivity index (χ4v) is 1.70. The van der Waals surface area contributed by atoms with Crippen molar-refractivity contribution in [3.63, 3.8) is 0 Å². The molecule has 4 nitrogen and oxygen atoms in total. The van der Waals surface area contributed by atoms with Crippen LogP contribution in [0.4, 0.5) is 0 Å².